The predicted molar refractivity (Wildman–Crippen MR) is 93.2 cm³/mol. The summed E-state index contributed by atoms with van der Waals surface area (Å²) in [6.45, 7) is 1.51. The van der Waals surface area contributed by atoms with Gasteiger partial charge in [-0.25, -0.2) is 0 Å². The van der Waals surface area contributed by atoms with Crippen LogP contribution in [-0.2, 0) is 14.3 Å². The summed E-state index contributed by atoms with van der Waals surface area (Å²) in [6, 6.07) is 0.503. The van der Waals surface area contributed by atoms with Gasteiger partial charge in [0.2, 0.25) is 11.8 Å². The van der Waals surface area contributed by atoms with E-state index in [4.69, 9.17) is 4.74 Å². The summed E-state index contributed by atoms with van der Waals surface area (Å²) in [5.41, 5.74) is 0.760. The highest BCUT2D eigenvalue weighted by Gasteiger charge is 2.32. The number of hydrogen-bond donors (Lipinski definition) is 1. The molecule has 1 saturated heterocycles. The van der Waals surface area contributed by atoms with E-state index in [0.29, 0.717) is 6.61 Å². The summed E-state index contributed by atoms with van der Waals surface area (Å²) < 4.78 is 7.49. The Balaban J connectivity index is 1.48. The van der Waals surface area contributed by atoms with Crippen LogP contribution >= 0.6 is 0 Å². The Morgan fingerprint density at radius 3 is 2.84 bits per heavy atom. The Kier molecular flexibility index (Phi) is 5.39. The third-order valence-corrected chi connectivity index (χ3v) is 4.89. The van der Waals surface area contributed by atoms with Gasteiger partial charge in [0.05, 0.1) is 24.5 Å². The lowest BCUT2D eigenvalue weighted by Crippen LogP contribution is -2.32. The monoisotopic (exact) mass is 349 g/mol. The topological polar surface area (TPSA) is 79.7 Å². The fourth-order valence-electron chi connectivity index (χ4n) is 3.04. The molecule has 1 aromatic rings. The molecule has 8 nitrogen and oxygen atoms in total. The first-order chi connectivity index (χ1) is 11.9. The first kappa shape index (κ1) is 17.9. The number of carbonyl (C=O) groups excluding carboxylic acids is 2. The van der Waals surface area contributed by atoms with Gasteiger partial charge in [0.1, 0.15) is 6.61 Å². The number of hydrogen-bond acceptors (Lipinski definition) is 5. The van der Waals surface area contributed by atoms with Crippen molar-refractivity contribution in [3.05, 3.63) is 12.4 Å². The highest BCUT2D eigenvalue weighted by atomic mass is 16.5. The highest BCUT2D eigenvalue weighted by Crippen LogP contribution is 2.31. The van der Waals surface area contributed by atoms with Crippen LogP contribution in [-0.4, -0.2) is 78.3 Å². The average molecular weight is 349 g/mol. The van der Waals surface area contributed by atoms with Crippen molar-refractivity contribution in [3.8, 4) is 0 Å². The van der Waals surface area contributed by atoms with Gasteiger partial charge in [0.15, 0.2) is 0 Å². The Morgan fingerprint density at radius 2 is 2.16 bits per heavy atom. The first-order valence-electron chi connectivity index (χ1n) is 8.77. The van der Waals surface area contributed by atoms with E-state index < -0.39 is 0 Å². The fraction of sp³-hybridized carbons (Fsp3) is 0.706. The normalized spacial score (nSPS) is 23.6. The zero-order chi connectivity index (χ0) is 18.0. The lowest BCUT2D eigenvalue weighted by Gasteiger charge is -2.19. The number of nitrogens with one attached hydrogen (secondary N) is 1. The molecule has 0 unspecified atom stereocenters. The molecule has 2 amide bonds. The minimum Gasteiger partial charge on any atom is -0.370 e. The summed E-state index contributed by atoms with van der Waals surface area (Å²) >= 11 is 0. The largest absolute Gasteiger partial charge is 0.370 e. The van der Waals surface area contributed by atoms with Crippen LogP contribution in [0, 0.1) is 5.92 Å². The average Bonchev–Trinajstić information content (AvgIpc) is 3.22. The molecular formula is C17H27N5O3. The van der Waals surface area contributed by atoms with Crippen molar-refractivity contribution >= 4 is 17.5 Å². The second kappa shape index (κ2) is 7.53. The van der Waals surface area contributed by atoms with Gasteiger partial charge >= 0.3 is 0 Å². The van der Waals surface area contributed by atoms with Crippen molar-refractivity contribution in [1.82, 2.24) is 19.6 Å². The van der Waals surface area contributed by atoms with E-state index in [1.165, 1.54) is 4.90 Å². The Bertz CT molecular complexity index is 626. The number of likely N-dealkylation sites (N-methyl/N-ethyl adjacent to an activating group) is 2. The number of carbonyl (C=O) groups is 2. The quantitative estimate of drug-likeness (QED) is 0.779. The van der Waals surface area contributed by atoms with Crippen LogP contribution in [0.15, 0.2) is 12.4 Å². The highest BCUT2D eigenvalue weighted by molar-refractivity contribution is 5.93. The van der Waals surface area contributed by atoms with Gasteiger partial charge in [0, 0.05) is 38.8 Å². The third-order valence-electron chi connectivity index (χ3n) is 4.89. The van der Waals surface area contributed by atoms with Crippen LogP contribution in [0.25, 0.3) is 0 Å². The van der Waals surface area contributed by atoms with Crippen molar-refractivity contribution in [2.75, 3.05) is 46.2 Å². The van der Waals surface area contributed by atoms with Gasteiger partial charge in [-0.3, -0.25) is 19.2 Å². The molecule has 2 heterocycles. The van der Waals surface area contributed by atoms with Crippen molar-refractivity contribution in [2.24, 2.45) is 5.92 Å². The summed E-state index contributed by atoms with van der Waals surface area (Å²) in [4.78, 5) is 27.2. The molecule has 3 rings (SSSR count). The molecular weight excluding hydrogens is 322 g/mol. The second-order valence-electron chi connectivity index (χ2n) is 7.26. The molecule has 1 aliphatic heterocycles. The third kappa shape index (κ3) is 4.58. The summed E-state index contributed by atoms with van der Waals surface area (Å²) in [5.74, 6) is 0.257. The predicted octanol–water partition coefficient (Wildman–Crippen LogP) is 0.582. The lowest BCUT2D eigenvalue weighted by molar-refractivity contribution is -0.134. The maximum Gasteiger partial charge on any atom is 0.248 e. The fourth-order valence-corrected chi connectivity index (χ4v) is 3.04. The van der Waals surface area contributed by atoms with Crippen LogP contribution in [0.2, 0.25) is 0 Å². The number of aromatic nitrogens is 2. The lowest BCUT2D eigenvalue weighted by atomic mass is 10.2. The summed E-state index contributed by atoms with van der Waals surface area (Å²) in [5, 5.41) is 7.33. The van der Waals surface area contributed by atoms with Crippen molar-refractivity contribution in [2.45, 2.75) is 31.3 Å². The van der Waals surface area contributed by atoms with Gasteiger partial charge in [0.25, 0.3) is 0 Å². The van der Waals surface area contributed by atoms with Crippen LogP contribution in [0.5, 0.6) is 0 Å². The van der Waals surface area contributed by atoms with Gasteiger partial charge in [-0.05, 0) is 26.3 Å². The number of amides is 2. The number of anilines is 1. The van der Waals surface area contributed by atoms with Gasteiger partial charge in [-0.15, -0.1) is 0 Å². The zero-order valence-electron chi connectivity index (χ0n) is 15.1. The number of nitrogens with zero attached hydrogens (tertiary/aromatic N) is 4. The second-order valence-corrected chi connectivity index (χ2v) is 7.26. The smallest absolute Gasteiger partial charge is 0.248 e. The molecule has 2 aliphatic rings. The SMILES string of the molecule is CN(C)C(=O)COC[C@@H]1C[C@H](n2cc(NC(=O)C3CC3)cn2)CN1C. The van der Waals surface area contributed by atoms with E-state index in [1.807, 2.05) is 10.9 Å². The van der Waals surface area contributed by atoms with Gasteiger partial charge < -0.3 is 15.0 Å². The Morgan fingerprint density at radius 1 is 1.40 bits per heavy atom. The molecule has 2 atom stereocenters. The molecule has 1 saturated carbocycles. The maximum atomic E-state index is 11.8. The van der Waals surface area contributed by atoms with Crippen LogP contribution < -0.4 is 5.32 Å². The summed E-state index contributed by atoms with van der Waals surface area (Å²) in [6.07, 6.45) is 6.50. The Labute approximate surface area is 148 Å². The number of likely N-dealkylation sites (tertiary alicyclic amines) is 1. The molecule has 0 spiro atoms. The minimum absolute atomic E-state index is 0.0275. The van der Waals surface area contributed by atoms with Crippen molar-refractivity contribution < 1.29 is 14.3 Å². The molecule has 2 fully saturated rings. The van der Waals surface area contributed by atoms with Crippen LogP contribution in [0.3, 0.4) is 0 Å². The van der Waals surface area contributed by atoms with Crippen LogP contribution in [0.4, 0.5) is 5.69 Å². The van der Waals surface area contributed by atoms with E-state index in [9.17, 15) is 9.59 Å². The molecule has 1 aliphatic carbocycles. The molecule has 0 aromatic carbocycles. The van der Waals surface area contributed by atoms with E-state index in [1.54, 1.807) is 20.3 Å². The van der Waals surface area contributed by atoms with Crippen molar-refractivity contribution in [1.29, 1.82) is 0 Å². The maximum absolute atomic E-state index is 11.8. The van der Waals surface area contributed by atoms with Crippen molar-refractivity contribution in [3.63, 3.8) is 0 Å². The molecule has 0 bridgehead atoms. The Hall–Kier alpha value is -1.93. The standard InChI is InChI=1S/C17H27N5O3/c1-20(2)16(23)11-25-10-15-6-14(9-21(15)3)22-8-13(7-18-22)19-17(24)12-4-5-12/h7-8,12,14-15H,4-6,9-11H2,1-3H3,(H,19,24)/t14-,15-/m0/s1. The van der Waals surface area contributed by atoms with E-state index >= 15 is 0 Å². The molecule has 0 radical (unpaired) electrons. The molecule has 25 heavy (non-hydrogen) atoms. The van der Waals surface area contributed by atoms with E-state index in [2.05, 4.69) is 22.4 Å². The van der Waals surface area contributed by atoms with Crippen LogP contribution in [0.1, 0.15) is 25.3 Å². The number of rotatable bonds is 7. The van der Waals surface area contributed by atoms with Gasteiger partial charge in [-0.2, -0.15) is 5.10 Å². The first-order valence-corrected chi connectivity index (χ1v) is 8.77. The molecule has 138 valence electrons. The van der Waals surface area contributed by atoms with Gasteiger partial charge in [-0.1, -0.05) is 0 Å². The molecule has 1 aromatic heterocycles. The van der Waals surface area contributed by atoms with E-state index in [0.717, 1.165) is 31.5 Å². The summed E-state index contributed by atoms with van der Waals surface area (Å²) in [7, 11) is 5.50. The minimum atomic E-state index is -0.0275. The zero-order valence-corrected chi connectivity index (χ0v) is 15.1. The molecule has 8 heteroatoms. The van der Waals surface area contributed by atoms with E-state index in [-0.39, 0.29) is 36.4 Å². The molecule has 1 N–H and O–H groups in total. The number of ether oxygens (including phenoxy) is 1.